The number of halogens is 2. The first-order valence-electron chi connectivity index (χ1n) is 5.49. The highest BCUT2D eigenvalue weighted by Gasteiger charge is 2.32. The van der Waals surface area contributed by atoms with Crippen molar-refractivity contribution in [1.82, 2.24) is 14.8 Å². The van der Waals surface area contributed by atoms with E-state index >= 15 is 0 Å². The van der Waals surface area contributed by atoms with Crippen LogP contribution in [0.2, 0.25) is 0 Å². The molecule has 0 bridgehead atoms. The molecule has 0 aliphatic rings. The minimum absolute atomic E-state index is 0.0211. The number of benzene rings is 1. The van der Waals surface area contributed by atoms with E-state index in [1.165, 1.54) is 23.3 Å². The molecule has 1 N–H and O–H groups in total. The molecule has 1 atom stereocenters. The summed E-state index contributed by atoms with van der Waals surface area (Å²) in [4.78, 5) is 0. The summed E-state index contributed by atoms with van der Waals surface area (Å²) in [5.41, 5.74) is -1.70. The quantitative estimate of drug-likeness (QED) is 0.850. The van der Waals surface area contributed by atoms with Gasteiger partial charge in [0.05, 0.1) is 6.54 Å². The van der Waals surface area contributed by atoms with Gasteiger partial charge in [0.1, 0.15) is 29.9 Å². The maximum atomic E-state index is 13.8. The molecule has 1 aromatic carbocycles. The SMILES string of the molecule is C#CCC(O)(Cn1cnnc1)c1ccc(F)cc1F. The van der Waals surface area contributed by atoms with Crippen molar-refractivity contribution >= 4 is 0 Å². The molecule has 2 aromatic rings. The van der Waals surface area contributed by atoms with E-state index in [1.54, 1.807) is 0 Å². The van der Waals surface area contributed by atoms with Gasteiger partial charge < -0.3 is 9.67 Å². The Morgan fingerprint density at radius 3 is 2.58 bits per heavy atom. The molecule has 0 saturated carbocycles. The van der Waals surface area contributed by atoms with Crippen LogP contribution in [0.25, 0.3) is 0 Å². The lowest BCUT2D eigenvalue weighted by molar-refractivity contribution is 0.0199. The minimum Gasteiger partial charge on any atom is -0.382 e. The summed E-state index contributed by atoms with van der Waals surface area (Å²) in [6.07, 6.45) is 7.85. The molecule has 1 unspecified atom stereocenters. The van der Waals surface area contributed by atoms with Gasteiger partial charge in [-0.1, -0.05) is 6.07 Å². The minimum atomic E-state index is -1.64. The monoisotopic (exact) mass is 263 g/mol. The first kappa shape index (κ1) is 13.2. The first-order valence-corrected chi connectivity index (χ1v) is 5.49. The highest BCUT2D eigenvalue weighted by molar-refractivity contribution is 5.26. The molecule has 0 radical (unpaired) electrons. The molecule has 0 saturated heterocycles. The second-order valence-electron chi connectivity index (χ2n) is 4.17. The zero-order valence-electron chi connectivity index (χ0n) is 9.92. The van der Waals surface area contributed by atoms with Crippen LogP contribution in [-0.4, -0.2) is 19.9 Å². The second-order valence-corrected chi connectivity index (χ2v) is 4.17. The van der Waals surface area contributed by atoms with Gasteiger partial charge in [0, 0.05) is 18.1 Å². The Balaban J connectivity index is 2.41. The molecule has 0 fully saturated rings. The number of aliphatic hydroxyl groups is 1. The molecule has 1 heterocycles. The number of terminal acetylenes is 1. The third-order valence-electron chi connectivity index (χ3n) is 2.74. The number of hydrogen-bond donors (Lipinski definition) is 1. The fraction of sp³-hybridized carbons (Fsp3) is 0.231. The number of nitrogens with zero attached hydrogens (tertiary/aromatic N) is 3. The van der Waals surface area contributed by atoms with Crippen LogP contribution >= 0.6 is 0 Å². The van der Waals surface area contributed by atoms with E-state index in [9.17, 15) is 13.9 Å². The molecule has 2 rings (SSSR count). The summed E-state index contributed by atoms with van der Waals surface area (Å²) in [5.74, 6) is 0.740. The molecule has 0 spiro atoms. The second kappa shape index (κ2) is 5.16. The van der Waals surface area contributed by atoms with Gasteiger partial charge in [-0.05, 0) is 6.07 Å². The summed E-state index contributed by atoms with van der Waals surface area (Å²) in [6.45, 7) is -0.0211. The average molecular weight is 263 g/mol. The predicted molar refractivity (Wildman–Crippen MR) is 63.7 cm³/mol. The summed E-state index contributed by atoms with van der Waals surface area (Å²) < 4.78 is 28.2. The van der Waals surface area contributed by atoms with Crippen LogP contribution < -0.4 is 0 Å². The number of aromatic nitrogens is 3. The Bertz CT molecular complexity index is 607. The molecule has 0 amide bonds. The summed E-state index contributed by atoms with van der Waals surface area (Å²) in [7, 11) is 0. The fourth-order valence-electron chi connectivity index (χ4n) is 1.88. The van der Waals surface area contributed by atoms with Gasteiger partial charge in [-0.25, -0.2) is 8.78 Å². The normalized spacial score (nSPS) is 13.8. The molecule has 19 heavy (non-hydrogen) atoms. The Kier molecular flexibility index (Phi) is 3.58. The Morgan fingerprint density at radius 2 is 2.00 bits per heavy atom. The van der Waals surface area contributed by atoms with Gasteiger partial charge in [0.25, 0.3) is 0 Å². The maximum absolute atomic E-state index is 13.8. The molecular weight excluding hydrogens is 252 g/mol. The van der Waals surface area contributed by atoms with Crippen molar-refractivity contribution in [3.05, 3.63) is 48.1 Å². The van der Waals surface area contributed by atoms with E-state index in [0.717, 1.165) is 6.07 Å². The lowest BCUT2D eigenvalue weighted by Crippen LogP contribution is -2.32. The van der Waals surface area contributed by atoms with E-state index in [-0.39, 0.29) is 18.5 Å². The third kappa shape index (κ3) is 2.77. The van der Waals surface area contributed by atoms with Gasteiger partial charge in [-0.15, -0.1) is 22.5 Å². The summed E-state index contributed by atoms with van der Waals surface area (Å²) >= 11 is 0. The van der Waals surface area contributed by atoms with Crippen LogP contribution in [0.15, 0.2) is 30.9 Å². The fourth-order valence-corrected chi connectivity index (χ4v) is 1.88. The molecule has 1 aromatic heterocycles. The van der Waals surface area contributed by atoms with Crippen LogP contribution in [0.5, 0.6) is 0 Å². The predicted octanol–water partition coefficient (Wildman–Crippen LogP) is 1.47. The van der Waals surface area contributed by atoms with E-state index in [4.69, 9.17) is 6.42 Å². The van der Waals surface area contributed by atoms with Crippen molar-refractivity contribution in [3.63, 3.8) is 0 Å². The highest BCUT2D eigenvalue weighted by atomic mass is 19.1. The van der Waals surface area contributed by atoms with E-state index < -0.39 is 17.2 Å². The smallest absolute Gasteiger partial charge is 0.132 e. The Hall–Kier alpha value is -2.26. The van der Waals surface area contributed by atoms with Crippen LogP contribution in [0.3, 0.4) is 0 Å². The van der Waals surface area contributed by atoms with E-state index in [0.29, 0.717) is 6.07 Å². The van der Waals surface area contributed by atoms with Crippen LogP contribution in [0, 0.1) is 24.0 Å². The lowest BCUT2D eigenvalue weighted by atomic mass is 9.90. The van der Waals surface area contributed by atoms with Crippen molar-refractivity contribution in [2.75, 3.05) is 0 Å². The standard InChI is InChI=1S/C13H11F2N3O/c1-2-5-13(19,7-18-8-16-17-9-18)11-4-3-10(14)6-12(11)15/h1,3-4,6,8-9,19H,5,7H2. The molecule has 0 aliphatic carbocycles. The Morgan fingerprint density at radius 1 is 1.32 bits per heavy atom. The van der Waals surface area contributed by atoms with Crippen LogP contribution in [0.1, 0.15) is 12.0 Å². The van der Waals surface area contributed by atoms with E-state index in [1.807, 2.05) is 0 Å². The molecule has 0 aliphatic heterocycles. The van der Waals surface area contributed by atoms with Gasteiger partial charge in [-0.3, -0.25) is 0 Å². The zero-order chi connectivity index (χ0) is 13.9. The highest BCUT2D eigenvalue weighted by Crippen LogP contribution is 2.29. The van der Waals surface area contributed by atoms with Gasteiger partial charge in [-0.2, -0.15) is 0 Å². The van der Waals surface area contributed by atoms with Crippen molar-refractivity contribution in [1.29, 1.82) is 0 Å². The van der Waals surface area contributed by atoms with Gasteiger partial charge in [0.2, 0.25) is 0 Å². The summed E-state index contributed by atoms with van der Waals surface area (Å²) in [5, 5.41) is 17.7. The molecular formula is C13H11F2N3O. The van der Waals surface area contributed by atoms with Gasteiger partial charge >= 0.3 is 0 Å². The summed E-state index contributed by atoms with van der Waals surface area (Å²) in [6, 6.07) is 2.97. The Labute approximate surface area is 108 Å². The van der Waals surface area contributed by atoms with Crippen molar-refractivity contribution < 1.29 is 13.9 Å². The number of rotatable bonds is 4. The van der Waals surface area contributed by atoms with Gasteiger partial charge in [0.15, 0.2) is 0 Å². The topological polar surface area (TPSA) is 50.9 Å². The molecule has 98 valence electrons. The van der Waals surface area contributed by atoms with Crippen LogP contribution in [0.4, 0.5) is 8.78 Å². The van der Waals surface area contributed by atoms with Crippen molar-refractivity contribution in [3.8, 4) is 12.3 Å². The van der Waals surface area contributed by atoms with E-state index in [2.05, 4.69) is 16.1 Å². The lowest BCUT2D eigenvalue weighted by Gasteiger charge is -2.27. The van der Waals surface area contributed by atoms with Crippen LogP contribution in [-0.2, 0) is 12.1 Å². The number of hydrogen-bond acceptors (Lipinski definition) is 3. The molecule has 6 heteroatoms. The average Bonchev–Trinajstić information content (AvgIpc) is 2.81. The van der Waals surface area contributed by atoms with Crippen molar-refractivity contribution in [2.24, 2.45) is 0 Å². The zero-order valence-corrected chi connectivity index (χ0v) is 9.92. The largest absolute Gasteiger partial charge is 0.382 e. The third-order valence-corrected chi connectivity index (χ3v) is 2.74. The van der Waals surface area contributed by atoms with Crippen molar-refractivity contribution in [2.45, 2.75) is 18.6 Å². The maximum Gasteiger partial charge on any atom is 0.132 e. The first-order chi connectivity index (χ1) is 9.05. The molecule has 4 nitrogen and oxygen atoms in total.